The van der Waals surface area contributed by atoms with Crippen LogP contribution in [0.3, 0.4) is 0 Å². The first kappa shape index (κ1) is 18.7. The van der Waals surface area contributed by atoms with Crippen LogP contribution in [0.4, 0.5) is 11.8 Å². The molecule has 1 aliphatic rings. The van der Waals surface area contributed by atoms with Crippen LogP contribution >= 0.6 is 0 Å². The number of ether oxygens (including phenoxy) is 3. The fourth-order valence-corrected chi connectivity index (χ4v) is 2.86. The number of methoxy groups -OCH3 is 1. The number of nitriles is 1. The second-order valence-corrected chi connectivity index (χ2v) is 5.97. The number of nitrogens with zero attached hydrogens (tertiary/aromatic N) is 4. The average Bonchev–Trinajstić information content (AvgIpc) is 2.68. The maximum atomic E-state index is 9.38. The van der Waals surface area contributed by atoms with Gasteiger partial charge >= 0.3 is 0 Å². The molecule has 27 heavy (non-hydrogen) atoms. The standard InChI is InChI=1S/C18H22N6O3/c1-25-14-3-2-12(16-13(11-19)17(20)23-18(21)22-16)10-15(14)27-9-6-24-4-7-26-8-5-24/h2-3,10H,4-9H2,1H3,(H4,20,21,22,23). The van der Waals surface area contributed by atoms with Crippen LogP contribution in [0.25, 0.3) is 11.3 Å². The van der Waals surface area contributed by atoms with E-state index >= 15 is 0 Å². The van der Waals surface area contributed by atoms with E-state index in [0.29, 0.717) is 29.4 Å². The molecule has 1 fully saturated rings. The molecular weight excluding hydrogens is 348 g/mol. The van der Waals surface area contributed by atoms with E-state index in [0.717, 1.165) is 32.8 Å². The SMILES string of the molecule is COc1ccc(-c2nc(N)nc(N)c2C#N)cc1OCCN1CCOCC1. The Kier molecular flexibility index (Phi) is 5.90. The first-order valence-electron chi connectivity index (χ1n) is 8.56. The van der Waals surface area contributed by atoms with E-state index in [1.807, 2.05) is 6.07 Å². The van der Waals surface area contributed by atoms with Crippen molar-refractivity contribution >= 4 is 11.8 Å². The fraction of sp³-hybridized carbons (Fsp3) is 0.389. The first-order chi connectivity index (χ1) is 13.1. The summed E-state index contributed by atoms with van der Waals surface area (Å²) in [5, 5.41) is 9.38. The number of rotatable bonds is 6. The highest BCUT2D eigenvalue weighted by Crippen LogP contribution is 2.34. The summed E-state index contributed by atoms with van der Waals surface area (Å²) in [5.41, 5.74) is 12.7. The minimum Gasteiger partial charge on any atom is -0.493 e. The summed E-state index contributed by atoms with van der Waals surface area (Å²) in [4.78, 5) is 10.3. The summed E-state index contributed by atoms with van der Waals surface area (Å²) in [6.07, 6.45) is 0. The quantitative estimate of drug-likeness (QED) is 0.760. The van der Waals surface area contributed by atoms with Gasteiger partial charge in [0, 0.05) is 25.2 Å². The molecule has 1 aliphatic heterocycles. The van der Waals surface area contributed by atoms with E-state index in [9.17, 15) is 5.26 Å². The van der Waals surface area contributed by atoms with Crippen molar-refractivity contribution in [2.45, 2.75) is 0 Å². The van der Waals surface area contributed by atoms with E-state index in [2.05, 4.69) is 14.9 Å². The Bertz CT molecular complexity index is 846. The molecule has 1 saturated heterocycles. The van der Waals surface area contributed by atoms with Gasteiger partial charge in [0.25, 0.3) is 0 Å². The highest BCUT2D eigenvalue weighted by Gasteiger charge is 2.16. The van der Waals surface area contributed by atoms with Gasteiger partial charge in [0.05, 0.1) is 26.0 Å². The molecule has 1 aromatic carbocycles. The zero-order valence-electron chi connectivity index (χ0n) is 15.1. The van der Waals surface area contributed by atoms with Crippen LogP contribution in [0.15, 0.2) is 18.2 Å². The van der Waals surface area contributed by atoms with Gasteiger partial charge in [-0.2, -0.15) is 10.2 Å². The molecular formula is C18H22N6O3. The molecule has 9 heteroatoms. The van der Waals surface area contributed by atoms with Gasteiger partial charge in [0.1, 0.15) is 24.1 Å². The third kappa shape index (κ3) is 4.36. The molecule has 0 unspecified atom stereocenters. The summed E-state index contributed by atoms with van der Waals surface area (Å²) < 4.78 is 16.7. The number of nitrogen functional groups attached to an aromatic ring is 2. The van der Waals surface area contributed by atoms with Crippen LogP contribution in [0.2, 0.25) is 0 Å². The van der Waals surface area contributed by atoms with Gasteiger partial charge in [0.15, 0.2) is 11.5 Å². The minimum atomic E-state index is 0.00658. The summed E-state index contributed by atoms with van der Waals surface area (Å²) in [6, 6.07) is 7.32. The molecule has 0 radical (unpaired) electrons. The summed E-state index contributed by atoms with van der Waals surface area (Å²) in [5.74, 6) is 1.20. The lowest BCUT2D eigenvalue weighted by Gasteiger charge is -2.26. The van der Waals surface area contributed by atoms with Gasteiger partial charge in [0.2, 0.25) is 5.95 Å². The molecule has 1 aromatic heterocycles. The zero-order valence-corrected chi connectivity index (χ0v) is 15.1. The van der Waals surface area contributed by atoms with Gasteiger partial charge in [-0.15, -0.1) is 0 Å². The van der Waals surface area contributed by atoms with Crippen molar-refractivity contribution in [3.63, 3.8) is 0 Å². The van der Waals surface area contributed by atoms with Crippen LogP contribution in [0.1, 0.15) is 5.56 Å². The number of hydrogen-bond acceptors (Lipinski definition) is 9. The lowest BCUT2D eigenvalue weighted by atomic mass is 10.1. The molecule has 2 heterocycles. The molecule has 3 rings (SSSR count). The lowest BCUT2D eigenvalue weighted by molar-refractivity contribution is 0.0321. The van der Waals surface area contributed by atoms with Crippen LogP contribution in [-0.2, 0) is 4.74 Å². The van der Waals surface area contributed by atoms with Crippen molar-refractivity contribution < 1.29 is 14.2 Å². The smallest absolute Gasteiger partial charge is 0.222 e. The Morgan fingerprint density at radius 3 is 2.70 bits per heavy atom. The second-order valence-electron chi connectivity index (χ2n) is 5.97. The second kappa shape index (κ2) is 8.53. The van der Waals surface area contributed by atoms with Crippen LogP contribution < -0.4 is 20.9 Å². The highest BCUT2D eigenvalue weighted by atomic mass is 16.5. The third-order valence-electron chi connectivity index (χ3n) is 4.27. The number of anilines is 2. The molecule has 142 valence electrons. The van der Waals surface area contributed by atoms with Crippen molar-refractivity contribution in [3.05, 3.63) is 23.8 Å². The Balaban J connectivity index is 1.82. The number of nitrogens with two attached hydrogens (primary N) is 2. The molecule has 0 amide bonds. The summed E-state index contributed by atoms with van der Waals surface area (Å²) >= 11 is 0. The first-order valence-corrected chi connectivity index (χ1v) is 8.56. The van der Waals surface area contributed by atoms with Crippen LogP contribution in [-0.4, -0.2) is 61.4 Å². The van der Waals surface area contributed by atoms with Crippen molar-refractivity contribution in [3.8, 4) is 28.8 Å². The predicted molar refractivity (Wildman–Crippen MR) is 100 cm³/mol. The molecule has 2 aromatic rings. The van der Waals surface area contributed by atoms with Crippen molar-refractivity contribution in [1.29, 1.82) is 5.26 Å². The van der Waals surface area contributed by atoms with E-state index in [4.69, 9.17) is 25.7 Å². The normalized spacial score (nSPS) is 14.5. The van der Waals surface area contributed by atoms with Gasteiger partial charge in [-0.1, -0.05) is 0 Å². The van der Waals surface area contributed by atoms with Crippen molar-refractivity contribution in [2.24, 2.45) is 0 Å². The molecule has 0 aliphatic carbocycles. The van der Waals surface area contributed by atoms with Gasteiger partial charge in [-0.05, 0) is 18.2 Å². The van der Waals surface area contributed by atoms with E-state index < -0.39 is 0 Å². The monoisotopic (exact) mass is 370 g/mol. The number of hydrogen-bond donors (Lipinski definition) is 2. The number of benzene rings is 1. The Morgan fingerprint density at radius 2 is 2.00 bits per heavy atom. The largest absolute Gasteiger partial charge is 0.493 e. The molecule has 0 bridgehead atoms. The Morgan fingerprint density at radius 1 is 1.22 bits per heavy atom. The van der Waals surface area contributed by atoms with Crippen LogP contribution in [0.5, 0.6) is 11.5 Å². The average molecular weight is 370 g/mol. The van der Waals surface area contributed by atoms with Gasteiger partial charge in [-0.3, -0.25) is 4.90 Å². The zero-order chi connectivity index (χ0) is 19.2. The Hall–Kier alpha value is -3.09. The Labute approximate surface area is 157 Å². The maximum absolute atomic E-state index is 9.38. The number of aromatic nitrogens is 2. The molecule has 0 spiro atoms. The molecule has 0 atom stereocenters. The van der Waals surface area contributed by atoms with Crippen molar-refractivity contribution in [2.75, 3.05) is 58.0 Å². The predicted octanol–water partition coefficient (Wildman–Crippen LogP) is 0.899. The fourth-order valence-electron chi connectivity index (χ4n) is 2.86. The molecule has 4 N–H and O–H groups in total. The summed E-state index contributed by atoms with van der Waals surface area (Å²) in [7, 11) is 1.57. The van der Waals surface area contributed by atoms with Gasteiger partial charge in [-0.25, -0.2) is 4.98 Å². The molecule has 9 nitrogen and oxygen atoms in total. The third-order valence-corrected chi connectivity index (χ3v) is 4.27. The van der Waals surface area contributed by atoms with Gasteiger partial charge < -0.3 is 25.7 Å². The van der Waals surface area contributed by atoms with E-state index in [-0.39, 0.29) is 17.3 Å². The number of morpholine rings is 1. The topological polar surface area (TPSA) is 133 Å². The maximum Gasteiger partial charge on any atom is 0.222 e. The summed E-state index contributed by atoms with van der Waals surface area (Å²) in [6.45, 7) is 4.56. The highest BCUT2D eigenvalue weighted by molar-refractivity contribution is 5.74. The van der Waals surface area contributed by atoms with Crippen LogP contribution in [0, 0.1) is 11.3 Å². The molecule has 0 saturated carbocycles. The van der Waals surface area contributed by atoms with E-state index in [1.165, 1.54) is 0 Å². The minimum absolute atomic E-state index is 0.00658. The lowest BCUT2D eigenvalue weighted by Crippen LogP contribution is -2.38. The van der Waals surface area contributed by atoms with Crippen molar-refractivity contribution in [1.82, 2.24) is 14.9 Å². The van der Waals surface area contributed by atoms with E-state index in [1.54, 1.807) is 25.3 Å².